The van der Waals surface area contributed by atoms with Crippen molar-refractivity contribution in [2.24, 2.45) is 7.05 Å². The smallest absolute Gasteiger partial charge is 0.255 e. The highest BCUT2D eigenvalue weighted by atomic mass is 16.2. The number of carbonyl (C=O) groups excluding carboxylic acids is 1. The SMILES string of the molecule is CN1CCN(C(=O)c2ccc(=O)n(C)c2)[C@@H](c2ccccc2)C1. The zero-order chi connectivity index (χ0) is 16.4. The second-order valence-corrected chi connectivity index (χ2v) is 6.05. The summed E-state index contributed by atoms with van der Waals surface area (Å²) in [7, 11) is 3.74. The van der Waals surface area contributed by atoms with E-state index >= 15 is 0 Å². The van der Waals surface area contributed by atoms with Crippen LogP contribution in [0.25, 0.3) is 0 Å². The Morgan fingerprint density at radius 1 is 1.04 bits per heavy atom. The molecule has 1 saturated heterocycles. The number of aryl methyl sites for hydroxylation is 1. The molecule has 0 unspecified atom stereocenters. The number of piperazine rings is 1. The summed E-state index contributed by atoms with van der Waals surface area (Å²) in [5, 5.41) is 0. The molecule has 1 aromatic heterocycles. The third-order valence-corrected chi connectivity index (χ3v) is 4.36. The number of pyridine rings is 1. The Bertz CT molecular complexity index is 754. The van der Waals surface area contributed by atoms with Gasteiger partial charge in [0.2, 0.25) is 5.56 Å². The van der Waals surface area contributed by atoms with Crippen LogP contribution in [0.1, 0.15) is 22.0 Å². The maximum absolute atomic E-state index is 12.9. The summed E-state index contributed by atoms with van der Waals surface area (Å²) in [4.78, 5) is 28.6. The number of carbonyl (C=O) groups is 1. The van der Waals surface area contributed by atoms with Crippen molar-refractivity contribution < 1.29 is 4.79 Å². The van der Waals surface area contributed by atoms with E-state index in [1.807, 2.05) is 23.1 Å². The van der Waals surface area contributed by atoms with Crippen LogP contribution in [-0.4, -0.2) is 47.0 Å². The molecule has 1 aliphatic rings. The van der Waals surface area contributed by atoms with E-state index in [1.54, 1.807) is 19.3 Å². The van der Waals surface area contributed by atoms with Crippen molar-refractivity contribution in [1.82, 2.24) is 14.4 Å². The predicted octanol–water partition coefficient (Wildman–Crippen LogP) is 1.51. The van der Waals surface area contributed by atoms with Crippen LogP contribution in [-0.2, 0) is 7.05 Å². The third-order valence-electron chi connectivity index (χ3n) is 4.36. The maximum atomic E-state index is 12.9. The minimum atomic E-state index is -0.112. The minimum absolute atomic E-state index is 0.0254. The molecule has 1 atom stereocenters. The molecule has 3 rings (SSSR count). The monoisotopic (exact) mass is 311 g/mol. The van der Waals surface area contributed by atoms with Crippen molar-refractivity contribution in [2.75, 3.05) is 26.7 Å². The maximum Gasteiger partial charge on any atom is 0.255 e. The van der Waals surface area contributed by atoms with E-state index in [-0.39, 0.29) is 17.5 Å². The van der Waals surface area contributed by atoms with Crippen molar-refractivity contribution in [3.8, 4) is 0 Å². The first-order valence-electron chi connectivity index (χ1n) is 7.77. The lowest BCUT2D eigenvalue weighted by Gasteiger charge is -2.40. The van der Waals surface area contributed by atoms with Gasteiger partial charge in [0.1, 0.15) is 0 Å². The van der Waals surface area contributed by atoms with Gasteiger partial charge in [0, 0.05) is 38.9 Å². The fraction of sp³-hybridized carbons (Fsp3) is 0.333. The molecule has 0 bridgehead atoms. The molecule has 1 aliphatic heterocycles. The number of rotatable bonds is 2. The molecule has 1 amide bonds. The van der Waals surface area contributed by atoms with Crippen LogP contribution in [0, 0.1) is 0 Å². The summed E-state index contributed by atoms with van der Waals surface area (Å²) < 4.78 is 1.45. The zero-order valence-corrected chi connectivity index (χ0v) is 13.5. The zero-order valence-electron chi connectivity index (χ0n) is 13.5. The predicted molar refractivity (Wildman–Crippen MR) is 89.4 cm³/mol. The van der Waals surface area contributed by atoms with Gasteiger partial charge >= 0.3 is 0 Å². The van der Waals surface area contributed by atoms with Gasteiger partial charge in [0.25, 0.3) is 5.91 Å². The molecule has 5 heteroatoms. The fourth-order valence-corrected chi connectivity index (χ4v) is 3.01. The van der Waals surface area contributed by atoms with Gasteiger partial charge in [0.15, 0.2) is 0 Å². The molecular formula is C18H21N3O2. The molecule has 2 heterocycles. The summed E-state index contributed by atoms with van der Waals surface area (Å²) >= 11 is 0. The average Bonchev–Trinajstić information content (AvgIpc) is 2.57. The van der Waals surface area contributed by atoms with Gasteiger partial charge in [-0.25, -0.2) is 0 Å². The molecule has 120 valence electrons. The summed E-state index contributed by atoms with van der Waals surface area (Å²) in [6.07, 6.45) is 1.62. The first-order valence-corrected chi connectivity index (χ1v) is 7.77. The Labute approximate surface area is 135 Å². The molecule has 0 spiro atoms. The summed E-state index contributed by atoms with van der Waals surface area (Å²) in [6.45, 7) is 2.33. The van der Waals surface area contributed by atoms with Crippen molar-refractivity contribution in [2.45, 2.75) is 6.04 Å². The van der Waals surface area contributed by atoms with Gasteiger partial charge in [-0.2, -0.15) is 0 Å². The van der Waals surface area contributed by atoms with Crippen LogP contribution in [0.3, 0.4) is 0 Å². The van der Waals surface area contributed by atoms with E-state index in [9.17, 15) is 9.59 Å². The van der Waals surface area contributed by atoms with Crippen molar-refractivity contribution in [1.29, 1.82) is 0 Å². The van der Waals surface area contributed by atoms with Gasteiger partial charge in [-0.3, -0.25) is 9.59 Å². The lowest BCUT2D eigenvalue weighted by Crippen LogP contribution is -2.49. The summed E-state index contributed by atoms with van der Waals surface area (Å²) in [6, 6.07) is 13.2. The fourth-order valence-electron chi connectivity index (χ4n) is 3.01. The Kier molecular flexibility index (Phi) is 4.30. The van der Waals surface area contributed by atoms with E-state index in [4.69, 9.17) is 0 Å². The molecular weight excluding hydrogens is 290 g/mol. The molecule has 1 aromatic carbocycles. The van der Waals surface area contributed by atoms with Gasteiger partial charge < -0.3 is 14.4 Å². The Morgan fingerprint density at radius 3 is 2.48 bits per heavy atom. The molecule has 23 heavy (non-hydrogen) atoms. The topological polar surface area (TPSA) is 45.6 Å². The van der Waals surface area contributed by atoms with E-state index in [2.05, 4.69) is 24.1 Å². The Morgan fingerprint density at radius 2 is 1.78 bits per heavy atom. The second-order valence-electron chi connectivity index (χ2n) is 6.05. The Balaban J connectivity index is 1.93. The lowest BCUT2D eigenvalue weighted by atomic mass is 10.0. The number of hydrogen-bond acceptors (Lipinski definition) is 3. The first-order chi connectivity index (χ1) is 11.1. The van der Waals surface area contributed by atoms with Crippen LogP contribution in [0.4, 0.5) is 0 Å². The van der Waals surface area contributed by atoms with Crippen molar-refractivity contribution in [3.05, 3.63) is 70.1 Å². The summed E-state index contributed by atoms with van der Waals surface area (Å²) in [5.41, 5.74) is 1.58. The van der Waals surface area contributed by atoms with Gasteiger partial charge in [0.05, 0.1) is 11.6 Å². The highest BCUT2D eigenvalue weighted by molar-refractivity contribution is 5.94. The van der Waals surface area contributed by atoms with E-state index in [0.29, 0.717) is 12.1 Å². The average molecular weight is 311 g/mol. The van der Waals surface area contributed by atoms with Crippen LogP contribution >= 0.6 is 0 Å². The number of aromatic nitrogens is 1. The second kappa shape index (κ2) is 6.38. The van der Waals surface area contributed by atoms with E-state index in [0.717, 1.165) is 18.7 Å². The molecule has 2 aromatic rings. The van der Waals surface area contributed by atoms with Crippen LogP contribution < -0.4 is 5.56 Å². The van der Waals surface area contributed by atoms with Crippen LogP contribution in [0.5, 0.6) is 0 Å². The molecule has 0 N–H and O–H groups in total. The standard InChI is InChI=1S/C18H21N3O2/c1-19-10-11-21(16(13-19)14-6-4-3-5-7-14)18(23)15-8-9-17(22)20(2)12-15/h3-9,12,16H,10-11,13H2,1-2H3/t16-/m1/s1. The molecule has 1 fully saturated rings. The van der Waals surface area contributed by atoms with E-state index < -0.39 is 0 Å². The van der Waals surface area contributed by atoms with Gasteiger partial charge in [-0.15, -0.1) is 0 Å². The molecule has 0 radical (unpaired) electrons. The van der Waals surface area contributed by atoms with Gasteiger partial charge in [-0.05, 0) is 18.7 Å². The van der Waals surface area contributed by atoms with E-state index in [1.165, 1.54) is 10.6 Å². The molecule has 0 aliphatic carbocycles. The highest BCUT2D eigenvalue weighted by Crippen LogP contribution is 2.26. The summed E-state index contributed by atoms with van der Waals surface area (Å²) in [5.74, 6) is -0.0254. The molecule has 5 nitrogen and oxygen atoms in total. The van der Waals surface area contributed by atoms with Crippen LogP contribution in [0.15, 0.2) is 53.5 Å². The number of likely N-dealkylation sites (N-methyl/N-ethyl adjacent to an activating group) is 1. The van der Waals surface area contributed by atoms with Crippen molar-refractivity contribution >= 4 is 5.91 Å². The lowest BCUT2D eigenvalue weighted by molar-refractivity contribution is 0.0497. The number of hydrogen-bond donors (Lipinski definition) is 0. The Hall–Kier alpha value is -2.40. The highest BCUT2D eigenvalue weighted by Gasteiger charge is 2.30. The number of amides is 1. The normalized spacial score (nSPS) is 18.9. The van der Waals surface area contributed by atoms with Crippen molar-refractivity contribution in [3.63, 3.8) is 0 Å². The number of benzene rings is 1. The van der Waals surface area contributed by atoms with Crippen LogP contribution in [0.2, 0.25) is 0 Å². The quantitative estimate of drug-likeness (QED) is 0.844. The number of nitrogens with zero attached hydrogens (tertiary/aromatic N) is 3. The van der Waals surface area contributed by atoms with Gasteiger partial charge in [-0.1, -0.05) is 30.3 Å². The third kappa shape index (κ3) is 3.19. The molecule has 0 saturated carbocycles. The minimum Gasteiger partial charge on any atom is -0.329 e. The first kappa shape index (κ1) is 15.5. The largest absolute Gasteiger partial charge is 0.329 e.